The molecule has 1 aliphatic carbocycles. The van der Waals surface area contributed by atoms with Crippen LogP contribution in [0.4, 0.5) is 0 Å². The van der Waals surface area contributed by atoms with Crippen LogP contribution in [0, 0.1) is 12.3 Å². The van der Waals surface area contributed by atoms with Gasteiger partial charge in [0, 0.05) is 22.5 Å². The highest BCUT2D eigenvalue weighted by Crippen LogP contribution is 2.42. The van der Waals surface area contributed by atoms with Crippen molar-refractivity contribution >= 4 is 23.2 Å². The summed E-state index contributed by atoms with van der Waals surface area (Å²) in [5.41, 5.74) is 11.2. The quantitative estimate of drug-likeness (QED) is 0.781. The number of nitrogens with zero attached hydrogens (tertiary/aromatic N) is 1. The standard InChI is InChI=1S/C17H20Cl2N2/c1-10-6-12-14(20)8-17(2,3)9-16(12)21(10)15-7-11(18)4-5-13(15)19/h4-7,14H,8-9,20H2,1-3H3. The minimum Gasteiger partial charge on any atom is -0.324 e. The zero-order valence-electron chi connectivity index (χ0n) is 12.6. The summed E-state index contributed by atoms with van der Waals surface area (Å²) in [6.45, 7) is 6.62. The minimum atomic E-state index is 0.0849. The maximum atomic E-state index is 6.40. The second kappa shape index (κ2) is 5.05. The van der Waals surface area contributed by atoms with Gasteiger partial charge in [-0.05, 0) is 55.0 Å². The Balaban J connectivity index is 2.23. The highest BCUT2D eigenvalue weighted by molar-refractivity contribution is 6.34. The van der Waals surface area contributed by atoms with Gasteiger partial charge in [-0.15, -0.1) is 0 Å². The van der Waals surface area contributed by atoms with Crippen LogP contribution < -0.4 is 5.73 Å². The first kappa shape index (κ1) is 15.0. The third-order valence-corrected chi connectivity index (χ3v) is 4.84. The lowest BCUT2D eigenvalue weighted by atomic mass is 9.74. The molecule has 0 spiro atoms. The van der Waals surface area contributed by atoms with E-state index in [-0.39, 0.29) is 11.5 Å². The van der Waals surface area contributed by atoms with Crippen LogP contribution in [0.3, 0.4) is 0 Å². The number of aryl methyl sites for hydroxylation is 1. The van der Waals surface area contributed by atoms with Gasteiger partial charge in [-0.1, -0.05) is 37.0 Å². The molecule has 0 radical (unpaired) electrons. The second-order valence-corrected chi connectivity index (χ2v) is 7.61. The van der Waals surface area contributed by atoms with Gasteiger partial charge >= 0.3 is 0 Å². The summed E-state index contributed by atoms with van der Waals surface area (Å²) in [4.78, 5) is 0. The maximum absolute atomic E-state index is 6.40. The van der Waals surface area contributed by atoms with Crippen LogP contribution in [-0.4, -0.2) is 4.57 Å². The van der Waals surface area contributed by atoms with Crippen molar-refractivity contribution in [3.63, 3.8) is 0 Å². The predicted molar refractivity (Wildman–Crippen MR) is 89.6 cm³/mol. The first-order chi connectivity index (χ1) is 9.78. The monoisotopic (exact) mass is 322 g/mol. The molecule has 1 atom stereocenters. The molecule has 0 saturated heterocycles. The molecule has 4 heteroatoms. The van der Waals surface area contributed by atoms with Gasteiger partial charge in [0.1, 0.15) is 0 Å². The van der Waals surface area contributed by atoms with Gasteiger partial charge in [0.2, 0.25) is 0 Å². The summed E-state index contributed by atoms with van der Waals surface area (Å²) in [6.07, 6.45) is 2.00. The fraction of sp³-hybridized carbons (Fsp3) is 0.412. The van der Waals surface area contributed by atoms with Gasteiger partial charge < -0.3 is 10.3 Å². The molecule has 3 rings (SSSR count). The first-order valence-corrected chi connectivity index (χ1v) is 7.96. The Morgan fingerprint density at radius 3 is 2.67 bits per heavy atom. The molecule has 2 aromatic rings. The van der Waals surface area contributed by atoms with E-state index in [9.17, 15) is 0 Å². The molecule has 2 nitrogen and oxygen atoms in total. The molecular formula is C17H20Cl2N2. The highest BCUT2D eigenvalue weighted by atomic mass is 35.5. The molecule has 112 valence electrons. The van der Waals surface area contributed by atoms with Gasteiger partial charge in [0.25, 0.3) is 0 Å². The maximum Gasteiger partial charge on any atom is 0.0656 e. The Morgan fingerprint density at radius 1 is 1.24 bits per heavy atom. The Hall–Kier alpha value is -0.960. The number of nitrogens with two attached hydrogens (primary N) is 1. The molecule has 2 N–H and O–H groups in total. The van der Waals surface area contributed by atoms with Gasteiger partial charge in [-0.2, -0.15) is 0 Å². The van der Waals surface area contributed by atoms with Gasteiger partial charge in [-0.3, -0.25) is 0 Å². The van der Waals surface area contributed by atoms with Crippen molar-refractivity contribution in [2.24, 2.45) is 11.1 Å². The number of fused-ring (bicyclic) bond motifs is 1. The summed E-state index contributed by atoms with van der Waals surface area (Å²) in [5.74, 6) is 0. The molecule has 0 fully saturated rings. The number of hydrogen-bond donors (Lipinski definition) is 1. The summed E-state index contributed by atoms with van der Waals surface area (Å²) in [6, 6.07) is 7.85. The minimum absolute atomic E-state index is 0.0849. The van der Waals surface area contributed by atoms with Crippen LogP contribution in [0.15, 0.2) is 24.3 Å². The highest BCUT2D eigenvalue weighted by Gasteiger charge is 2.33. The fourth-order valence-corrected chi connectivity index (χ4v) is 3.81. The number of hydrogen-bond acceptors (Lipinski definition) is 1. The van der Waals surface area contributed by atoms with E-state index in [2.05, 4.69) is 31.4 Å². The number of aromatic nitrogens is 1. The van der Waals surface area contributed by atoms with Crippen molar-refractivity contribution in [1.82, 2.24) is 4.57 Å². The third-order valence-electron chi connectivity index (χ3n) is 4.29. The summed E-state index contributed by atoms with van der Waals surface area (Å²) >= 11 is 12.6. The Labute approximate surface area is 135 Å². The summed E-state index contributed by atoms with van der Waals surface area (Å²) in [7, 11) is 0. The van der Waals surface area contributed by atoms with E-state index in [0.717, 1.165) is 24.2 Å². The molecule has 1 heterocycles. The average molecular weight is 323 g/mol. The van der Waals surface area contributed by atoms with Crippen molar-refractivity contribution in [3.05, 3.63) is 51.3 Å². The number of halogens is 2. The van der Waals surface area contributed by atoms with Crippen LogP contribution in [0.5, 0.6) is 0 Å². The molecule has 0 bridgehead atoms. The lowest BCUT2D eigenvalue weighted by molar-refractivity contribution is 0.278. The Bertz CT molecular complexity index is 701. The normalized spacial score (nSPS) is 20.4. The molecule has 1 unspecified atom stereocenters. The Morgan fingerprint density at radius 2 is 1.95 bits per heavy atom. The Kier molecular flexibility index (Phi) is 3.59. The molecular weight excluding hydrogens is 303 g/mol. The fourth-order valence-electron chi connectivity index (χ4n) is 3.44. The van der Waals surface area contributed by atoms with E-state index in [1.54, 1.807) is 0 Å². The SMILES string of the molecule is Cc1cc2c(n1-c1cc(Cl)ccc1Cl)CC(C)(C)CC2N. The average Bonchev–Trinajstić information content (AvgIpc) is 2.68. The van der Waals surface area contributed by atoms with E-state index in [1.807, 2.05) is 18.2 Å². The topological polar surface area (TPSA) is 30.9 Å². The van der Waals surface area contributed by atoms with Crippen LogP contribution >= 0.6 is 23.2 Å². The zero-order valence-corrected chi connectivity index (χ0v) is 14.1. The lowest BCUT2D eigenvalue weighted by Gasteiger charge is -2.34. The van der Waals surface area contributed by atoms with Gasteiger partial charge in [0.05, 0.1) is 10.7 Å². The second-order valence-electron chi connectivity index (χ2n) is 6.77. The summed E-state index contributed by atoms with van der Waals surface area (Å²) in [5, 5.41) is 1.40. The molecule has 1 aliphatic rings. The van der Waals surface area contributed by atoms with Crippen LogP contribution in [0.2, 0.25) is 10.0 Å². The molecule has 0 amide bonds. The largest absolute Gasteiger partial charge is 0.324 e. The van der Waals surface area contributed by atoms with Gasteiger partial charge in [0.15, 0.2) is 0 Å². The number of rotatable bonds is 1. The van der Waals surface area contributed by atoms with Crippen molar-refractivity contribution in [1.29, 1.82) is 0 Å². The van der Waals surface area contributed by atoms with Gasteiger partial charge in [-0.25, -0.2) is 0 Å². The zero-order chi connectivity index (χ0) is 15.4. The van der Waals surface area contributed by atoms with E-state index < -0.39 is 0 Å². The first-order valence-electron chi connectivity index (χ1n) is 7.21. The smallest absolute Gasteiger partial charge is 0.0656 e. The molecule has 0 saturated carbocycles. The number of benzene rings is 1. The van der Waals surface area contributed by atoms with E-state index in [1.165, 1.54) is 11.3 Å². The van der Waals surface area contributed by atoms with E-state index in [4.69, 9.17) is 28.9 Å². The molecule has 21 heavy (non-hydrogen) atoms. The van der Waals surface area contributed by atoms with Crippen molar-refractivity contribution in [2.75, 3.05) is 0 Å². The van der Waals surface area contributed by atoms with Crippen molar-refractivity contribution < 1.29 is 0 Å². The van der Waals surface area contributed by atoms with E-state index in [0.29, 0.717) is 10.0 Å². The van der Waals surface area contributed by atoms with Crippen molar-refractivity contribution in [3.8, 4) is 5.69 Å². The van der Waals surface area contributed by atoms with Crippen LogP contribution in [0.25, 0.3) is 5.69 Å². The van der Waals surface area contributed by atoms with E-state index >= 15 is 0 Å². The lowest BCUT2D eigenvalue weighted by Crippen LogP contribution is -2.30. The molecule has 0 aliphatic heterocycles. The van der Waals surface area contributed by atoms with Crippen LogP contribution in [-0.2, 0) is 6.42 Å². The third kappa shape index (κ3) is 2.61. The molecule has 1 aromatic carbocycles. The van der Waals surface area contributed by atoms with Crippen LogP contribution in [0.1, 0.15) is 43.3 Å². The summed E-state index contributed by atoms with van der Waals surface area (Å²) < 4.78 is 2.21. The van der Waals surface area contributed by atoms with Crippen molar-refractivity contribution in [2.45, 2.75) is 39.7 Å². The predicted octanol–water partition coefficient (Wildman–Crippen LogP) is 5.06. The molecule has 1 aromatic heterocycles.